The van der Waals surface area contributed by atoms with E-state index in [0.717, 1.165) is 31.4 Å². The Hall–Kier alpha value is -1.63. The number of thioether (sulfide) groups is 1. The number of likely N-dealkylation sites (N-methyl/N-ethyl adjacent to an activating group) is 1. The quantitative estimate of drug-likeness (QED) is 0.894. The molecule has 0 saturated heterocycles. The van der Waals surface area contributed by atoms with Crippen molar-refractivity contribution in [1.29, 1.82) is 0 Å². The summed E-state index contributed by atoms with van der Waals surface area (Å²) < 4.78 is 26.2. The van der Waals surface area contributed by atoms with Gasteiger partial charge in [-0.3, -0.25) is 9.59 Å². The zero-order valence-electron chi connectivity index (χ0n) is 13.1. The molecule has 23 heavy (non-hydrogen) atoms. The molecule has 0 unspecified atom stereocenters. The summed E-state index contributed by atoms with van der Waals surface area (Å²) in [4.78, 5) is 25.7. The number of benzene rings is 1. The predicted molar refractivity (Wildman–Crippen MR) is 86.4 cm³/mol. The summed E-state index contributed by atoms with van der Waals surface area (Å²) in [6.07, 6.45) is 5.05. The van der Waals surface area contributed by atoms with E-state index >= 15 is 0 Å². The molecule has 1 saturated carbocycles. The first-order valence-corrected chi connectivity index (χ1v) is 8.72. The second-order valence-electron chi connectivity index (χ2n) is 5.67. The van der Waals surface area contributed by atoms with Crippen molar-refractivity contribution >= 4 is 23.6 Å². The summed E-state index contributed by atoms with van der Waals surface area (Å²) in [6, 6.07) is 2.75. The molecule has 0 heterocycles. The molecule has 0 bridgehead atoms. The SMILES string of the molecule is CS[C@H]1CC[C@H](N(C)C(=O)CNC(=O)c2cc(F)cc(F)c2)C1. The first-order valence-electron chi connectivity index (χ1n) is 7.43. The molecule has 2 amide bonds. The van der Waals surface area contributed by atoms with Crippen molar-refractivity contribution in [3.8, 4) is 0 Å². The number of carbonyl (C=O) groups excluding carboxylic acids is 2. The van der Waals surface area contributed by atoms with Crippen LogP contribution in [0.2, 0.25) is 0 Å². The van der Waals surface area contributed by atoms with E-state index in [1.165, 1.54) is 0 Å². The molecular formula is C16H20F2N2O2S. The van der Waals surface area contributed by atoms with Crippen LogP contribution < -0.4 is 5.32 Å². The van der Waals surface area contributed by atoms with E-state index in [1.54, 1.807) is 23.7 Å². The molecule has 0 radical (unpaired) electrons. The minimum absolute atomic E-state index is 0.138. The number of halogens is 2. The average Bonchev–Trinajstić information content (AvgIpc) is 2.99. The fraction of sp³-hybridized carbons (Fsp3) is 0.500. The van der Waals surface area contributed by atoms with Crippen LogP contribution in [0.15, 0.2) is 18.2 Å². The topological polar surface area (TPSA) is 49.4 Å². The van der Waals surface area contributed by atoms with Crippen molar-refractivity contribution in [2.45, 2.75) is 30.6 Å². The molecule has 1 aromatic carbocycles. The van der Waals surface area contributed by atoms with Crippen LogP contribution in [0.25, 0.3) is 0 Å². The number of amides is 2. The molecule has 0 aliphatic heterocycles. The summed E-state index contributed by atoms with van der Waals surface area (Å²) in [6.45, 7) is -0.187. The fourth-order valence-corrected chi connectivity index (χ4v) is 3.54. The van der Waals surface area contributed by atoms with Gasteiger partial charge in [-0.25, -0.2) is 8.78 Å². The molecule has 2 atom stereocenters. The summed E-state index contributed by atoms with van der Waals surface area (Å²) in [7, 11) is 1.73. The van der Waals surface area contributed by atoms with E-state index in [2.05, 4.69) is 11.6 Å². The van der Waals surface area contributed by atoms with Gasteiger partial charge in [-0.1, -0.05) is 0 Å². The lowest BCUT2D eigenvalue weighted by Crippen LogP contribution is -2.42. The van der Waals surface area contributed by atoms with Crippen LogP contribution in [0.5, 0.6) is 0 Å². The van der Waals surface area contributed by atoms with Crippen molar-refractivity contribution in [3.63, 3.8) is 0 Å². The van der Waals surface area contributed by atoms with Crippen LogP contribution in [0.1, 0.15) is 29.6 Å². The Balaban J connectivity index is 1.87. The van der Waals surface area contributed by atoms with Gasteiger partial charge in [0.05, 0.1) is 6.54 Å². The summed E-state index contributed by atoms with van der Waals surface area (Å²) in [5.41, 5.74) is -0.138. The van der Waals surface area contributed by atoms with Gasteiger partial charge >= 0.3 is 0 Å². The normalized spacial score (nSPS) is 20.3. The number of rotatable bonds is 5. The highest BCUT2D eigenvalue weighted by Gasteiger charge is 2.29. The van der Waals surface area contributed by atoms with Gasteiger partial charge in [0.1, 0.15) is 11.6 Å². The summed E-state index contributed by atoms with van der Waals surface area (Å²) >= 11 is 1.80. The zero-order valence-corrected chi connectivity index (χ0v) is 14.0. The lowest BCUT2D eigenvalue weighted by Gasteiger charge is -2.24. The number of hydrogen-bond donors (Lipinski definition) is 1. The van der Waals surface area contributed by atoms with Crippen molar-refractivity contribution in [2.24, 2.45) is 0 Å². The molecule has 4 nitrogen and oxygen atoms in total. The third-order valence-corrected chi connectivity index (χ3v) is 5.25. The highest BCUT2D eigenvalue weighted by atomic mass is 32.2. The lowest BCUT2D eigenvalue weighted by atomic mass is 10.2. The third kappa shape index (κ3) is 4.67. The van der Waals surface area contributed by atoms with Crippen LogP contribution in [0.3, 0.4) is 0 Å². The maximum absolute atomic E-state index is 13.1. The van der Waals surface area contributed by atoms with Gasteiger partial charge in [-0.05, 0) is 37.7 Å². The van der Waals surface area contributed by atoms with Crippen LogP contribution in [-0.2, 0) is 4.79 Å². The molecule has 1 N–H and O–H groups in total. The van der Waals surface area contributed by atoms with Gasteiger partial charge in [0, 0.05) is 30.0 Å². The minimum Gasteiger partial charge on any atom is -0.343 e. The van der Waals surface area contributed by atoms with Gasteiger partial charge in [0.25, 0.3) is 5.91 Å². The Morgan fingerprint density at radius 2 is 1.91 bits per heavy atom. The Morgan fingerprint density at radius 3 is 2.48 bits per heavy atom. The number of nitrogens with one attached hydrogen (secondary N) is 1. The van der Waals surface area contributed by atoms with Gasteiger partial charge < -0.3 is 10.2 Å². The zero-order chi connectivity index (χ0) is 17.0. The third-order valence-electron chi connectivity index (χ3n) is 4.16. The Labute approximate surface area is 138 Å². The Morgan fingerprint density at radius 1 is 1.26 bits per heavy atom. The second kappa shape index (κ2) is 7.77. The summed E-state index contributed by atoms with van der Waals surface area (Å²) in [5, 5.41) is 2.98. The van der Waals surface area contributed by atoms with Crippen LogP contribution in [0.4, 0.5) is 8.78 Å². The van der Waals surface area contributed by atoms with Crippen LogP contribution in [-0.4, -0.2) is 47.9 Å². The Bertz CT molecular complexity index is 577. The molecular weight excluding hydrogens is 322 g/mol. The van der Waals surface area contributed by atoms with Gasteiger partial charge in [0.2, 0.25) is 5.91 Å². The van der Waals surface area contributed by atoms with Crippen LogP contribution >= 0.6 is 11.8 Å². The lowest BCUT2D eigenvalue weighted by molar-refractivity contribution is -0.130. The maximum Gasteiger partial charge on any atom is 0.251 e. The fourth-order valence-electron chi connectivity index (χ4n) is 2.75. The van der Waals surface area contributed by atoms with E-state index in [0.29, 0.717) is 11.3 Å². The number of carbonyl (C=O) groups is 2. The molecule has 1 aromatic rings. The standard InChI is InChI=1S/C16H20F2N2O2S/c1-20(13-3-4-14(8-13)23-2)15(21)9-19-16(22)10-5-11(17)7-12(18)6-10/h5-7,13-14H,3-4,8-9H2,1-2H3,(H,19,22)/t13-,14-/m0/s1. The van der Waals surface area contributed by atoms with Crippen molar-refractivity contribution in [1.82, 2.24) is 10.2 Å². The molecule has 7 heteroatoms. The first-order chi connectivity index (χ1) is 10.9. The van der Waals surface area contributed by atoms with Crippen molar-refractivity contribution in [2.75, 3.05) is 19.8 Å². The molecule has 1 aliphatic carbocycles. The molecule has 2 rings (SSSR count). The minimum atomic E-state index is -0.826. The van der Waals surface area contributed by atoms with Crippen LogP contribution in [0, 0.1) is 11.6 Å². The first kappa shape index (κ1) is 17.7. The van der Waals surface area contributed by atoms with Gasteiger partial charge in [0.15, 0.2) is 0 Å². The van der Waals surface area contributed by atoms with Gasteiger partial charge in [-0.2, -0.15) is 11.8 Å². The summed E-state index contributed by atoms with van der Waals surface area (Å²) in [5.74, 6) is -2.53. The Kier molecular flexibility index (Phi) is 5.98. The highest BCUT2D eigenvalue weighted by Crippen LogP contribution is 2.30. The molecule has 126 valence electrons. The second-order valence-corrected chi connectivity index (χ2v) is 6.81. The maximum atomic E-state index is 13.1. The largest absolute Gasteiger partial charge is 0.343 e. The number of hydrogen-bond acceptors (Lipinski definition) is 3. The molecule has 0 spiro atoms. The predicted octanol–water partition coefficient (Wildman–Crippen LogP) is 2.44. The van der Waals surface area contributed by atoms with E-state index in [4.69, 9.17) is 0 Å². The molecule has 1 aliphatic rings. The molecule has 0 aromatic heterocycles. The van der Waals surface area contributed by atoms with Crippen molar-refractivity contribution < 1.29 is 18.4 Å². The number of nitrogens with zero attached hydrogens (tertiary/aromatic N) is 1. The van der Waals surface area contributed by atoms with E-state index in [1.807, 2.05) is 0 Å². The molecule has 1 fully saturated rings. The van der Waals surface area contributed by atoms with Gasteiger partial charge in [-0.15, -0.1) is 0 Å². The smallest absolute Gasteiger partial charge is 0.251 e. The van der Waals surface area contributed by atoms with Crippen molar-refractivity contribution in [3.05, 3.63) is 35.4 Å². The van der Waals surface area contributed by atoms with E-state index < -0.39 is 17.5 Å². The van der Waals surface area contributed by atoms with E-state index in [9.17, 15) is 18.4 Å². The highest BCUT2D eigenvalue weighted by molar-refractivity contribution is 7.99. The monoisotopic (exact) mass is 342 g/mol. The average molecular weight is 342 g/mol. The van der Waals surface area contributed by atoms with E-state index in [-0.39, 0.29) is 24.1 Å².